The molecule has 0 heterocycles. The molecule has 3 atom stereocenters. The summed E-state index contributed by atoms with van der Waals surface area (Å²) >= 11 is 0. The van der Waals surface area contributed by atoms with Crippen molar-refractivity contribution >= 4 is 25.7 Å². The number of carbonyl (C=O) groups excluding carboxylic acids is 2. The van der Waals surface area contributed by atoms with Crippen molar-refractivity contribution in [1.82, 2.24) is 0 Å². The number of phosphoric acid groups is 1. The Morgan fingerprint density at radius 2 is 1.04 bits per heavy atom. The number of hydrogen-bond donors (Lipinski definition) is 3. The normalized spacial score (nSPS) is 14.6. The number of hydrogen-bond acceptors (Lipinski definition) is 9. The molecular formula is C42H70NO10P. The molecule has 0 aliphatic carbocycles. The zero-order valence-corrected chi connectivity index (χ0v) is 33.9. The van der Waals surface area contributed by atoms with Crippen molar-refractivity contribution < 1.29 is 47.5 Å². The van der Waals surface area contributed by atoms with E-state index in [0.717, 1.165) is 83.5 Å². The maximum Gasteiger partial charge on any atom is 0.472 e. The Hall–Kier alpha value is -3.08. The highest BCUT2D eigenvalue weighted by Gasteiger charge is 2.28. The predicted molar refractivity (Wildman–Crippen MR) is 217 cm³/mol. The fourth-order valence-corrected chi connectivity index (χ4v) is 5.57. The summed E-state index contributed by atoms with van der Waals surface area (Å²) in [5.74, 6) is -2.46. The van der Waals surface area contributed by atoms with Crippen LogP contribution in [0.3, 0.4) is 0 Å². The van der Waals surface area contributed by atoms with Gasteiger partial charge < -0.3 is 25.2 Å². The second-order valence-corrected chi connectivity index (χ2v) is 14.5. The third kappa shape index (κ3) is 35.9. The third-order valence-electron chi connectivity index (χ3n) is 7.94. The molecular weight excluding hydrogens is 709 g/mol. The number of allylic oxidation sites excluding steroid dienone is 12. The van der Waals surface area contributed by atoms with Crippen molar-refractivity contribution in [3.05, 3.63) is 72.9 Å². The first-order valence-corrected chi connectivity index (χ1v) is 21.5. The number of ether oxygens (including phenoxy) is 2. The Bertz CT molecular complexity index is 1190. The molecule has 0 radical (unpaired) electrons. The van der Waals surface area contributed by atoms with Gasteiger partial charge in [-0.15, -0.1) is 0 Å². The number of nitrogens with two attached hydrogens (primary N) is 1. The molecule has 308 valence electrons. The van der Waals surface area contributed by atoms with Gasteiger partial charge in [0, 0.05) is 12.8 Å². The van der Waals surface area contributed by atoms with Crippen LogP contribution in [0.15, 0.2) is 72.9 Å². The largest absolute Gasteiger partial charge is 0.480 e. The van der Waals surface area contributed by atoms with Gasteiger partial charge in [0.05, 0.1) is 13.2 Å². The third-order valence-corrected chi connectivity index (χ3v) is 8.89. The average molecular weight is 780 g/mol. The van der Waals surface area contributed by atoms with Gasteiger partial charge in [-0.25, -0.2) is 4.57 Å². The Morgan fingerprint density at radius 1 is 0.593 bits per heavy atom. The zero-order chi connectivity index (χ0) is 40.0. The highest BCUT2D eigenvalue weighted by molar-refractivity contribution is 7.47. The van der Waals surface area contributed by atoms with Crippen LogP contribution in [0, 0.1) is 0 Å². The van der Waals surface area contributed by atoms with Crippen LogP contribution in [-0.4, -0.2) is 59.9 Å². The van der Waals surface area contributed by atoms with Gasteiger partial charge in [0.15, 0.2) is 6.10 Å². The number of esters is 2. The van der Waals surface area contributed by atoms with E-state index in [1.807, 2.05) is 0 Å². The molecule has 0 fully saturated rings. The zero-order valence-electron chi connectivity index (χ0n) is 33.0. The van der Waals surface area contributed by atoms with E-state index in [9.17, 15) is 23.8 Å². The SMILES string of the molecule is CC/C=C\C/C=C\C/C=C\C/C=C\CCCCC(=O)OC[C@H](COP(=O)(O)OC[C@H](N)C(=O)O)OC(=O)CCCCCCC/C=C\C/C=C\CCCCC. The van der Waals surface area contributed by atoms with E-state index < -0.39 is 51.1 Å². The molecule has 12 heteroatoms. The summed E-state index contributed by atoms with van der Waals surface area (Å²) in [5.41, 5.74) is 5.32. The summed E-state index contributed by atoms with van der Waals surface area (Å²) in [5, 5.41) is 8.87. The summed E-state index contributed by atoms with van der Waals surface area (Å²) < 4.78 is 32.6. The lowest BCUT2D eigenvalue weighted by Crippen LogP contribution is -2.34. The van der Waals surface area contributed by atoms with E-state index in [4.69, 9.17) is 24.8 Å². The molecule has 4 N–H and O–H groups in total. The van der Waals surface area contributed by atoms with Gasteiger partial charge in [-0.1, -0.05) is 119 Å². The van der Waals surface area contributed by atoms with Gasteiger partial charge in [-0.2, -0.15) is 0 Å². The fourth-order valence-electron chi connectivity index (χ4n) is 4.79. The van der Waals surface area contributed by atoms with Crippen LogP contribution in [0.2, 0.25) is 0 Å². The summed E-state index contributed by atoms with van der Waals surface area (Å²) in [6, 6.07) is -1.53. The van der Waals surface area contributed by atoms with E-state index in [0.29, 0.717) is 12.8 Å². The number of carboxylic acids is 1. The standard InChI is InChI=1S/C42H70NO10P/c1-3-5-7-9-11-13-15-17-19-21-23-25-27-29-31-33-40(44)50-35-38(36-51-54(48,49)52-37-39(43)42(46)47)53-41(45)34-32-30-28-26-24-22-20-18-16-14-12-10-8-6-4-2/h5,7,11-14,17-20,23,25,38-39H,3-4,6,8-10,15-16,21-22,24,26-37,43H2,1-2H3,(H,46,47)(H,48,49)/b7-5-,13-11-,14-12-,19-17-,20-18-,25-23-/t38-,39+/m1/s1. The van der Waals surface area contributed by atoms with Crippen LogP contribution >= 0.6 is 7.82 Å². The Morgan fingerprint density at radius 3 is 1.59 bits per heavy atom. The minimum atomic E-state index is -4.73. The van der Waals surface area contributed by atoms with Crippen molar-refractivity contribution in [3.8, 4) is 0 Å². The summed E-state index contributed by atoms with van der Waals surface area (Å²) in [7, 11) is -4.73. The van der Waals surface area contributed by atoms with E-state index >= 15 is 0 Å². The maximum absolute atomic E-state index is 12.6. The van der Waals surface area contributed by atoms with Crippen LogP contribution in [0.25, 0.3) is 0 Å². The van der Waals surface area contributed by atoms with Crippen molar-refractivity contribution in [2.24, 2.45) is 5.73 Å². The molecule has 1 unspecified atom stereocenters. The molecule has 54 heavy (non-hydrogen) atoms. The molecule has 0 bridgehead atoms. The van der Waals surface area contributed by atoms with E-state index in [-0.39, 0.29) is 19.4 Å². The predicted octanol–water partition coefficient (Wildman–Crippen LogP) is 10.2. The lowest BCUT2D eigenvalue weighted by molar-refractivity contribution is -0.161. The molecule has 0 aromatic carbocycles. The van der Waals surface area contributed by atoms with Gasteiger partial charge >= 0.3 is 25.7 Å². The van der Waals surface area contributed by atoms with Crippen molar-refractivity contribution in [2.45, 2.75) is 154 Å². The average Bonchev–Trinajstić information content (AvgIpc) is 3.14. The quantitative estimate of drug-likeness (QED) is 0.0239. The Kier molecular flexibility index (Phi) is 34.8. The molecule has 0 aliphatic heterocycles. The first kappa shape index (κ1) is 50.9. The van der Waals surface area contributed by atoms with E-state index in [1.165, 1.54) is 19.3 Å². The number of carboxylic acid groups (broad SMARTS) is 1. The number of phosphoric ester groups is 1. The Balaban J connectivity index is 4.53. The van der Waals surface area contributed by atoms with E-state index in [1.54, 1.807) is 0 Å². The lowest BCUT2D eigenvalue weighted by atomic mass is 10.1. The lowest BCUT2D eigenvalue weighted by Gasteiger charge is -2.20. The molecule has 0 saturated heterocycles. The van der Waals surface area contributed by atoms with Gasteiger partial charge in [0.1, 0.15) is 12.6 Å². The van der Waals surface area contributed by atoms with Crippen molar-refractivity contribution in [2.75, 3.05) is 19.8 Å². The van der Waals surface area contributed by atoms with Crippen molar-refractivity contribution in [1.29, 1.82) is 0 Å². The van der Waals surface area contributed by atoms with Gasteiger partial charge in [0.25, 0.3) is 0 Å². The van der Waals surface area contributed by atoms with E-state index in [2.05, 4.69) is 91.3 Å². The fraction of sp³-hybridized carbons (Fsp3) is 0.643. The number of aliphatic carboxylic acids is 1. The second kappa shape index (κ2) is 36.9. The van der Waals surface area contributed by atoms with Crippen LogP contribution in [0.5, 0.6) is 0 Å². The number of rotatable bonds is 36. The highest BCUT2D eigenvalue weighted by atomic mass is 31.2. The minimum absolute atomic E-state index is 0.132. The van der Waals surface area contributed by atoms with Crippen molar-refractivity contribution in [3.63, 3.8) is 0 Å². The maximum atomic E-state index is 12.6. The number of carbonyl (C=O) groups is 3. The summed E-state index contributed by atoms with van der Waals surface area (Å²) in [6.45, 7) is 2.57. The van der Waals surface area contributed by atoms with Gasteiger partial charge in [-0.3, -0.25) is 23.4 Å². The molecule has 11 nitrogen and oxygen atoms in total. The first-order chi connectivity index (χ1) is 26.1. The summed E-state index contributed by atoms with van der Waals surface area (Å²) in [4.78, 5) is 45.8. The molecule has 0 rings (SSSR count). The van der Waals surface area contributed by atoms with Crippen LogP contribution < -0.4 is 5.73 Å². The Labute approximate surface area is 325 Å². The summed E-state index contributed by atoms with van der Waals surface area (Å²) in [6.07, 6.45) is 42.6. The topological polar surface area (TPSA) is 172 Å². The van der Waals surface area contributed by atoms with Crippen LogP contribution in [0.1, 0.15) is 142 Å². The highest BCUT2D eigenvalue weighted by Crippen LogP contribution is 2.43. The molecule has 0 aromatic heterocycles. The second-order valence-electron chi connectivity index (χ2n) is 13.0. The molecule has 0 aromatic rings. The monoisotopic (exact) mass is 779 g/mol. The van der Waals surface area contributed by atoms with Crippen LogP contribution in [0.4, 0.5) is 0 Å². The molecule has 0 spiro atoms. The first-order valence-electron chi connectivity index (χ1n) is 20.0. The molecule has 0 amide bonds. The minimum Gasteiger partial charge on any atom is -0.480 e. The molecule has 0 aliphatic rings. The number of unbranched alkanes of at least 4 members (excludes halogenated alkanes) is 10. The van der Waals surface area contributed by atoms with Crippen LogP contribution in [-0.2, 0) is 37.5 Å². The molecule has 0 saturated carbocycles. The van der Waals surface area contributed by atoms with Gasteiger partial charge in [0.2, 0.25) is 0 Å². The smallest absolute Gasteiger partial charge is 0.472 e. The van der Waals surface area contributed by atoms with Gasteiger partial charge in [-0.05, 0) is 83.5 Å².